The minimum Gasteiger partial charge on any atom is -0.507 e. The highest BCUT2D eigenvalue weighted by atomic mass is 79.9. The highest BCUT2D eigenvalue weighted by Crippen LogP contribution is 2.68. The molecule has 0 amide bonds. The molecule has 43 heavy (non-hydrogen) atoms. The van der Waals surface area contributed by atoms with Crippen LogP contribution in [0.1, 0.15) is 11.9 Å². The maximum absolute atomic E-state index is 12.5. The fourth-order valence-electron chi connectivity index (χ4n) is 3.95. The number of phenolic OH excluding ortho intramolecular Hbond substituents is 1. The Labute approximate surface area is 248 Å². The number of ether oxygens (including phenoxy) is 1. The van der Waals surface area contributed by atoms with E-state index in [1.165, 1.54) is 24.4 Å². The SMILES string of the molecule is Nc1ccnc2c1ncn2[C@@H]1O[C@H](OP(=O)(O)OP(=O)(O)OP(=O)(O)OCc2ccc3ccc(O)c(Br)c3n2)C(O)[C@@H]1O. The quantitative estimate of drug-likeness (QED) is 0.115. The standard InChI is InChI=1S/C20H21BrN5O14P3/c21-13-12(27)4-2-9-1-3-10(25-14(9)13)7-36-41(30,31)39-43(34,35)40-42(32,33)38-20-17(29)16(28)19(37-20)26-8-24-15-11(22)5-6-23-18(15)26/h1-6,8,16-17,19-20,27-29H,7H2,(H2,22,23)(H,30,31)(H,32,33)(H,34,35)/t16-,17?,19+,20+/m0/s1. The number of imidazole rings is 1. The lowest BCUT2D eigenvalue weighted by Crippen LogP contribution is -2.32. The third-order valence-electron chi connectivity index (χ3n) is 5.82. The predicted molar refractivity (Wildman–Crippen MR) is 146 cm³/mol. The normalized spacial score (nSPS) is 25.0. The summed E-state index contributed by atoms with van der Waals surface area (Å²) in [5, 5.41) is 31.2. The number of rotatable bonds is 10. The Balaban J connectivity index is 1.22. The summed E-state index contributed by atoms with van der Waals surface area (Å²) < 4.78 is 61.2. The summed E-state index contributed by atoms with van der Waals surface area (Å²) in [6.45, 7) is -0.746. The van der Waals surface area contributed by atoms with Crippen molar-refractivity contribution in [3.8, 4) is 5.75 Å². The van der Waals surface area contributed by atoms with Gasteiger partial charge in [0.1, 0.15) is 30.1 Å². The molecule has 1 fully saturated rings. The molecule has 1 aromatic carbocycles. The van der Waals surface area contributed by atoms with Gasteiger partial charge in [-0.2, -0.15) is 8.62 Å². The zero-order valence-electron chi connectivity index (χ0n) is 21.1. The minimum atomic E-state index is -5.88. The van der Waals surface area contributed by atoms with Gasteiger partial charge in [-0.3, -0.25) is 13.6 Å². The summed E-state index contributed by atoms with van der Waals surface area (Å²) in [5.41, 5.74) is 6.72. The first-order chi connectivity index (χ1) is 20.1. The van der Waals surface area contributed by atoms with Crippen LogP contribution in [0, 0.1) is 0 Å². The Kier molecular flexibility index (Phi) is 8.83. The average molecular weight is 728 g/mol. The van der Waals surface area contributed by atoms with E-state index in [4.69, 9.17) is 10.5 Å². The van der Waals surface area contributed by atoms with E-state index in [2.05, 4.69) is 48.6 Å². The molecular weight excluding hydrogens is 707 g/mol. The number of nitrogen functional groups attached to an aromatic ring is 1. The number of phenols is 1. The van der Waals surface area contributed by atoms with Gasteiger partial charge in [0, 0.05) is 11.6 Å². The number of anilines is 1. The smallest absolute Gasteiger partial charge is 0.490 e. The molecule has 5 rings (SSSR count). The van der Waals surface area contributed by atoms with Crippen molar-refractivity contribution >= 4 is 67.2 Å². The number of phosphoric acid groups is 3. The molecular formula is C20H21BrN5O14P3. The molecule has 0 radical (unpaired) electrons. The van der Waals surface area contributed by atoms with Crippen LogP contribution in [0.15, 0.2) is 47.3 Å². The zero-order valence-corrected chi connectivity index (χ0v) is 25.4. The molecule has 4 aromatic rings. The maximum atomic E-state index is 12.5. The average Bonchev–Trinajstić information content (AvgIpc) is 3.45. The molecule has 4 unspecified atom stereocenters. The van der Waals surface area contributed by atoms with Gasteiger partial charge in [-0.05, 0) is 40.2 Å². The number of aliphatic hydroxyl groups is 2. The lowest BCUT2D eigenvalue weighted by Gasteiger charge is -2.21. The van der Waals surface area contributed by atoms with Gasteiger partial charge in [-0.15, -0.1) is 0 Å². The fraction of sp³-hybridized carbons (Fsp3) is 0.250. The van der Waals surface area contributed by atoms with Crippen molar-refractivity contribution in [1.29, 1.82) is 0 Å². The Hall–Kier alpha value is -2.38. The van der Waals surface area contributed by atoms with Gasteiger partial charge in [0.2, 0.25) is 0 Å². The van der Waals surface area contributed by atoms with Crippen LogP contribution in [0.5, 0.6) is 5.75 Å². The Morgan fingerprint density at radius 1 is 0.953 bits per heavy atom. The number of fused-ring (bicyclic) bond motifs is 2. The number of hydrogen-bond donors (Lipinski definition) is 7. The van der Waals surface area contributed by atoms with Crippen molar-refractivity contribution in [3.63, 3.8) is 0 Å². The molecule has 232 valence electrons. The van der Waals surface area contributed by atoms with Crippen molar-refractivity contribution in [2.75, 3.05) is 5.73 Å². The van der Waals surface area contributed by atoms with Gasteiger partial charge in [0.15, 0.2) is 18.2 Å². The molecule has 0 bridgehead atoms. The van der Waals surface area contributed by atoms with Crippen LogP contribution in [0.2, 0.25) is 0 Å². The van der Waals surface area contributed by atoms with Crippen molar-refractivity contribution in [2.45, 2.75) is 31.3 Å². The number of benzene rings is 1. The van der Waals surface area contributed by atoms with E-state index in [9.17, 15) is 43.7 Å². The predicted octanol–water partition coefficient (Wildman–Crippen LogP) is 2.17. The Morgan fingerprint density at radius 3 is 2.40 bits per heavy atom. The maximum Gasteiger partial charge on any atom is 0.490 e. The minimum absolute atomic E-state index is 0.0329. The number of nitrogens with zero attached hydrogens (tertiary/aromatic N) is 4. The third kappa shape index (κ3) is 6.98. The number of aliphatic hydroxyl groups excluding tert-OH is 2. The molecule has 8 N–H and O–H groups in total. The molecule has 1 saturated heterocycles. The summed E-state index contributed by atoms with van der Waals surface area (Å²) in [4.78, 5) is 42.1. The van der Waals surface area contributed by atoms with E-state index < -0.39 is 54.8 Å². The first-order valence-corrected chi connectivity index (χ1v) is 16.9. The van der Waals surface area contributed by atoms with E-state index in [1.807, 2.05) is 0 Å². The highest BCUT2D eigenvalue weighted by Gasteiger charge is 2.50. The summed E-state index contributed by atoms with van der Waals surface area (Å²) in [5.74, 6) is -0.124. The third-order valence-corrected chi connectivity index (χ3v) is 10.8. The van der Waals surface area contributed by atoms with Crippen LogP contribution in [0.3, 0.4) is 0 Å². The molecule has 7 atom stereocenters. The topological polar surface area (TPSA) is 288 Å². The van der Waals surface area contributed by atoms with Gasteiger partial charge < -0.3 is 40.5 Å². The molecule has 4 heterocycles. The van der Waals surface area contributed by atoms with E-state index in [0.717, 1.165) is 10.9 Å². The fourth-order valence-corrected chi connectivity index (χ4v) is 7.95. The van der Waals surface area contributed by atoms with E-state index in [0.29, 0.717) is 5.39 Å². The molecule has 0 aliphatic carbocycles. The van der Waals surface area contributed by atoms with Crippen LogP contribution in [0.25, 0.3) is 22.1 Å². The lowest BCUT2D eigenvalue weighted by molar-refractivity contribution is -0.133. The summed E-state index contributed by atoms with van der Waals surface area (Å²) in [6, 6.07) is 7.38. The Morgan fingerprint density at radius 2 is 1.65 bits per heavy atom. The first-order valence-electron chi connectivity index (χ1n) is 11.7. The van der Waals surface area contributed by atoms with Gasteiger partial charge >= 0.3 is 23.5 Å². The number of hydrogen-bond acceptors (Lipinski definition) is 15. The molecule has 19 nitrogen and oxygen atoms in total. The second-order valence-electron chi connectivity index (χ2n) is 8.82. The molecule has 23 heteroatoms. The van der Waals surface area contributed by atoms with Crippen molar-refractivity contribution in [1.82, 2.24) is 19.5 Å². The van der Waals surface area contributed by atoms with Crippen molar-refractivity contribution in [3.05, 3.63) is 53.0 Å². The molecule has 0 spiro atoms. The molecule has 3 aromatic heterocycles. The summed E-state index contributed by atoms with van der Waals surface area (Å²) >= 11 is 3.16. The number of halogens is 1. The highest BCUT2D eigenvalue weighted by molar-refractivity contribution is 9.10. The van der Waals surface area contributed by atoms with E-state index >= 15 is 0 Å². The molecule has 1 aliphatic rings. The number of pyridine rings is 2. The monoisotopic (exact) mass is 727 g/mol. The van der Waals surface area contributed by atoms with Crippen LogP contribution < -0.4 is 5.73 Å². The van der Waals surface area contributed by atoms with Crippen molar-refractivity contribution in [2.24, 2.45) is 0 Å². The van der Waals surface area contributed by atoms with Crippen LogP contribution in [-0.4, -0.2) is 68.0 Å². The van der Waals surface area contributed by atoms with Gasteiger partial charge in [0.05, 0.1) is 27.7 Å². The second-order valence-corrected chi connectivity index (χ2v) is 14.2. The van der Waals surface area contributed by atoms with Crippen LogP contribution in [0.4, 0.5) is 5.69 Å². The van der Waals surface area contributed by atoms with E-state index in [-0.39, 0.29) is 38.3 Å². The number of nitrogens with two attached hydrogens (primary N) is 1. The molecule has 0 saturated carbocycles. The van der Waals surface area contributed by atoms with Gasteiger partial charge in [-0.1, -0.05) is 6.07 Å². The summed E-state index contributed by atoms with van der Waals surface area (Å²) in [7, 11) is -17.0. The largest absolute Gasteiger partial charge is 0.507 e. The van der Waals surface area contributed by atoms with Crippen molar-refractivity contribution < 1.29 is 66.1 Å². The number of aromatic hydroxyl groups is 1. The number of phosphoric ester groups is 2. The van der Waals surface area contributed by atoms with E-state index in [1.54, 1.807) is 12.1 Å². The summed E-state index contributed by atoms with van der Waals surface area (Å²) in [6.07, 6.45) is -4.89. The molecule has 1 aliphatic heterocycles. The second kappa shape index (κ2) is 11.8. The Bertz CT molecular complexity index is 1840. The zero-order chi connectivity index (χ0) is 31.3. The number of aromatic nitrogens is 4. The van der Waals surface area contributed by atoms with Gasteiger partial charge in [0.25, 0.3) is 0 Å². The van der Waals surface area contributed by atoms with Crippen LogP contribution in [-0.2, 0) is 42.7 Å². The van der Waals surface area contributed by atoms with Crippen LogP contribution >= 0.6 is 39.4 Å². The first kappa shape index (κ1) is 32.0. The lowest BCUT2D eigenvalue weighted by atomic mass is 10.2. The van der Waals surface area contributed by atoms with Gasteiger partial charge in [-0.25, -0.2) is 28.6 Å².